The monoisotopic (exact) mass is 318 g/mol. The first-order valence-corrected chi connectivity index (χ1v) is 8.50. The number of ether oxygens (including phenoxy) is 3. The average Bonchev–Trinajstić information content (AvgIpc) is 2.97. The quantitative estimate of drug-likeness (QED) is 0.848. The topological polar surface area (TPSA) is 34.2 Å². The number of nitrogens with zero attached hydrogens (tertiary/aromatic N) is 2. The molecule has 4 rings (SSSR count). The molecule has 126 valence electrons. The highest BCUT2D eigenvalue weighted by Crippen LogP contribution is 2.39. The molecule has 3 heterocycles. The molecule has 1 atom stereocenters. The van der Waals surface area contributed by atoms with Crippen molar-refractivity contribution in [3.05, 3.63) is 23.8 Å². The number of fused-ring (bicyclic) bond motifs is 1. The Morgan fingerprint density at radius 3 is 2.91 bits per heavy atom. The van der Waals surface area contributed by atoms with Gasteiger partial charge in [-0.3, -0.25) is 9.80 Å². The number of likely N-dealkylation sites (N-methyl/N-ethyl adjacent to an activating group) is 1. The Balaban J connectivity index is 1.37. The first-order chi connectivity index (χ1) is 11.2. The molecule has 3 aliphatic rings. The molecule has 5 nitrogen and oxygen atoms in total. The molecule has 0 unspecified atom stereocenters. The largest absolute Gasteiger partial charge is 0.454 e. The van der Waals surface area contributed by atoms with E-state index in [4.69, 9.17) is 14.2 Å². The molecule has 1 aromatic rings. The zero-order chi connectivity index (χ0) is 15.9. The molecule has 23 heavy (non-hydrogen) atoms. The summed E-state index contributed by atoms with van der Waals surface area (Å²) in [5.41, 5.74) is 1.66. The maximum absolute atomic E-state index is 5.48. The number of benzene rings is 1. The Kier molecular flexibility index (Phi) is 3.95. The van der Waals surface area contributed by atoms with Crippen LogP contribution >= 0.6 is 0 Å². The molecule has 0 radical (unpaired) electrons. The van der Waals surface area contributed by atoms with Crippen molar-refractivity contribution in [3.63, 3.8) is 0 Å². The predicted molar refractivity (Wildman–Crippen MR) is 87.8 cm³/mol. The van der Waals surface area contributed by atoms with Crippen LogP contribution in [0, 0.1) is 5.92 Å². The molecular weight excluding hydrogens is 292 g/mol. The first-order valence-electron chi connectivity index (χ1n) is 8.50. The van der Waals surface area contributed by atoms with Crippen LogP contribution in [0.25, 0.3) is 0 Å². The summed E-state index contributed by atoms with van der Waals surface area (Å²) in [6.45, 7) is 5.72. The van der Waals surface area contributed by atoms with Gasteiger partial charge in [0.1, 0.15) is 0 Å². The van der Waals surface area contributed by atoms with E-state index in [1.54, 1.807) is 0 Å². The van der Waals surface area contributed by atoms with E-state index < -0.39 is 0 Å². The van der Waals surface area contributed by atoms with Gasteiger partial charge in [-0.1, -0.05) is 6.07 Å². The molecule has 1 aromatic carbocycles. The van der Waals surface area contributed by atoms with Gasteiger partial charge in [0.15, 0.2) is 11.5 Å². The maximum Gasteiger partial charge on any atom is 0.231 e. The summed E-state index contributed by atoms with van der Waals surface area (Å²) < 4.78 is 16.2. The van der Waals surface area contributed by atoms with Crippen LogP contribution in [-0.2, 0) is 11.3 Å². The summed E-state index contributed by atoms with van der Waals surface area (Å²) in [5, 5.41) is 0. The molecule has 0 amide bonds. The SMILES string of the molecule is COC[C@@H]1CCN(C)C2(C1)CN(Cc1ccc3c(c1)OCO3)C2. The molecule has 2 saturated heterocycles. The second-order valence-electron chi connectivity index (χ2n) is 7.29. The molecule has 0 saturated carbocycles. The van der Waals surface area contributed by atoms with Crippen LogP contribution in [0.3, 0.4) is 0 Å². The minimum Gasteiger partial charge on any atom is -0.454 e. The van der Waals surface area contributed by atoms with Gasteiger partial charge in [-0.05, 0) is 50.0 Å². The molecule has 0 aromatic heterocycles. The third-order valence-corrected chi connectivity index (χ3v) is 5.63. The lowest BCUT2D eigenvalue weighted by Gasteiger charge is -2.58. The van der Waals surface area contributed by atoms with E-state index in [0.29, 0.717) is 18.2 Å². The van der Waals surface area contributed by atoms with Crippen LogP contribution in [0.2, 0.25) is 0 Å². The summed E-state index contributed by atoms with van der Waals surface area (Å²) in [7, 11) is 4.10. The molecule has 5 heteroatoms. The Labute approximate surface area is 138 Å². The van der Waals surface area contributed by atoms with Crippen LogP contribution in [-0.4, -0.2) is 62.5 Å². The number of methoxy groups -OCH3 is 1. The van der Waals surface area contributed by atoms with Crippen molar-refractivity contribution in [2.45, 2.75) is 24.9 Å². The maximum atomic E-state index is 5.48. The molecule has 2 fully saturated rings. The van der Waals surface area contributed by atoms with Crippen molar-refractivity contribution >= 4 is 0 Å². The third kappa shape index (κ3) is 2.82. The van der Waals surface area contributed by atoms with Gasteiger partial charge in [0, 0.05) is 38.9 Å². The highest BCUT2D eigenvalue weighted by molar-refractivity contribution is 5.44. The normalized spacial score (nSPS) is 26.4. The Morgan fingerprint density at radius 1 is 1.26 bits per heavy atom. The smallest absolute Gasteiger partial charge is 0.231 e. The van der Waals surface area contributed by atoms with Crippen LogP contribution in [0.4, 0.5) is 0 Å². The van der Waals surface area contributed by atoms with Gasteiger partial charge in [-0.15, -0.1) is 0 Å². The second kappa shape index (κ2) is 5.96. The Bertz CT molecular complexity index is 571. The number of hydrogen-bond acceptors (Lipinski definition) is 5. The van der Waals surface area contributed by atoms with Crippen molar-refractivity contribution < 1.29 is 14.2 Å². The van der Waals surface area contributed by atoms with Crippen molar-refractivity contribution in [3.8, 4) is 11.5 Å². The highest BCUT2D eigenvalue weighted by Gasteiger charge is 2.49. The van der Waals surface area contributed by atoms with Crippen LogP contribution < -0.4 is 9.47 Å². The standard InChI is InChI=1S/C18H26N2O3/c1-19-6-5-15(10-21-2)8-18(19)11-20(12-18)9-14-3-4-16-17(7-14)23-13-22-16/h3-4,7,15H,5-6,8-13H2,1-2H3/t15-/m1/s1. The molecule has 0 N–H and O–H groups in total. The van der Waals surface area contributed by atoms with Crippen molar-refractivity contribution in [1.82, 2.24) is 9.80 Å². The lowest BCUT2D eigenvalue weighted by atomic mass is 9.75. The Morgan fingerprint density at radius 2 is 2.09 bits per heavy atom. The molecule has 3 aliphatic heterocycles. The van der Waals surface area contributed by atoms with Crippen LogP contribution in [0.5, 0.6) is 11.5 Å². The van der Waals surface area contributed by atoms with E-state index in [1.807, 2.05) is 13.2 Å². The summed E-state index contributed by atoms with van der Waals surface area (Å²) in [4.78, 5) is 5.10. The third-order valence-electron chi connectivity index (χ3n) is 5.63. The summed E-state index contributed by atoms with van der Waals surface area (Å²) in [6, 6.07) is 6.29. The second-order valence-corrected chi connectivity index (χ2v) is 7.29. The average molecular weight is 318 g/mol. The van der Waals surface area contributed by atoms with Crippen molar-refractivity contribution in [2.75, 3.05) is 47.2 Å². The summed E-state index contributed by atoms with van der Waals surface area (Å²) in [5.74, 6) is 2.46. The molecule has 0 aliphatic carbocycles. The zero-order valence-electron chi connectivity index (χ0n) is 14.1. The Hall–Kier alpha value is -1.30. The number of rotatable bonds is 4. The van der Waals surface area contributed by atoms with Gasteiger partial charge in [-0.25, -0.2) is 0 Å². The number of likely N-dealkylation sites (tertiary alicyclic amines) is 2. The minimum atomic E-state index is 0.345. The number of piperidine rings is 1. The van der Waals surface area contributed by atoms with E-state index in [0.717, 1.165) is 37.7 Å². The molecule has 1 spiro atoms. The van der Waals surface area contributed by atoms with Crippen LogP contribution in [0.15, 0.2) is 18.2 Å². The zero-order valence-corrected chi connectivity index (χ0v) is 14.1. The van der Waals surface area contributed by atoms with Crippen molar-refractivity contribution in [2.24, 2.45) is 5.92 Å². The molecular formula is C18H26N2O3. The van der Waals surface area contributed by atoms with Crippen LogP contribution in [0.1, 0.15) is 18.4 Å². The van der Waals surface area contributed by atoms with Gasteiger partial charge in [0.05, 0.1) is 0 Å². The molecule has 0 bridgehead atoms. The fourth-order valence-electron chi connectivity index (χ4n) is 4.35. The van der Waals surface area contributed by atoms with E-state index in [2.05, 4.69) is 29.0 Å². The lowest BCUT2D eigenvalue weighted by Crippen LogP contribution is -2.71. The number of hydrogen-bond donors (Lipinski definition) is 0. The van der Waals surface area contributed by atoms with E-state index in [9.17, 15) is 0 Å². The van der Waals surface area contributed by atoms with E-state index in [-0.39, 0.29) is 0 Å². The fourth-order valence-corrected chi connectivity index (χ4v) is 4.35. The van der Waals surface area contributed by atoms with Gasteiger partial charge in [-0.2, -0.15) is 0 Å². The predicted octanol–water partition coefficient (Wildman–Crippen LogP) is 1.96. The summed E-state index contributed by atoms with van der Waals surface area (Å²) >= 11 is 0. The summed E-state index contributed by atoms with van der Waals surface area (Å²) in [6.07, 6.45) is 2.52. The lowest BCUT2D eigenvalue weighted by molar-refractivity contribution is -0.0905. The van der Waals surface area contributed by atoms with Gasteiger partial charge in [0.2, 0.25) is 6.79 Å². The van der Waals surface area contributed by atoms with Gasteiger partial charge < -0.3 is 14.2 Å². The first kappa shape index (κ1) is 15.2. The van der Waals surface area contributed by atoms with Gasteiger partial charge in [0.25, 0.3) is 0 Å². The minimum absolute atomic E-state index is 0.345. The van der Waals surface area contributed by atoms with Gasteiger partial charge >= 0.3 is 0 Å². The van der Waals surface area contributed by atoms with E-state index in [1.165, 1.54) is 24.9 Å². The van der Waals surface area contributed by atoms with E-state index >= 15 is 0 Å². The fraction of sp³-hybridized carbons (Fsp3) is 0.667. The highest BCUT2D eigenvalue weighted by atomic mass is 16.7. The van der Waals surface area contributed by atoms with Crippen molar-refractivity contribution in [1.29, 1.82) is 0 Å².